The monoisotopic (exact) mass is 496 g/mol. The Kier molecular flexibility index (Phi) is 6.81. The Morgan fingerprint density at radius 3 is 2.45 bits per heavy atom. The Labute approximate surface area is 199 Å². The molecule has 11 heteroatoms. The lowest BCUT2D eigenvalue weighted by atomic mass is 10.2. The number of thioether (sulfide) groups is 1. The molecule has 0 radical (unpaired) electrons. The average Bonchev–Trinajstić information content (AvgIpc) is 3.12. The Hall–Kier alpha value is -2.13. The first-order valence-electron chi connectivity index (χ1n) is 9.49. The highest BCUT2D eigenvalue weighted by atomic mass is 35.5. The molecule has 1 aliphatic rings. The molecule has 4 rings (SSSR count). The van der Waals surface area contributed by atoms with E-state index in [1.165, 1.54) is 16.4 Å². The fourth-order valence-corrected chi connectivity index (χ4v) is 4.77. The first kappa shape index (κ1) is 22.1. The fraction of sp³-hybridized carbons (Fsp3) is 0.250. The molecule has 0 aliphatic carbocycles. The van der Waals surface area contributed by atoms with E-state index in [1.807, 2.05) is 29.2 Å². The number of piperazine rings is 1. The van der Waals surface area contributed by atoms with Gasteiger partial charge in [-0.15, -0.1) is 10.2 Å². The summed E-state index contributed by atoms with van der Waals surface area (Å²) in [6.07, 6.45) is 0. The molecule has 1 amide bonds. The van der Waals surface area contributed by atoms with Crippen LogP contribution in [0.15, 0.2) is 47.6 Å². The highest BCUT2D eigenvalue weighted by molar-refractivity contribution is 7.99. The largest absolute Gasteiger partial charge is 0.368 e. The van der Waals surface area contributed by atoms with E-state index in [4.69, 9.17) is 40.6 Å². The van der Waals surface area contributed by atoms with Gasteiger partial charge >= 0.3 is 0 Å². The van der Waals surface area contributed by atoms with Crippen molar-refractivity contribution in [2.45, 2.75) is 5.16 Å². The van der Waals surface area contributed by atoms with Crippen LogP contribution in [-0.2, 0) is 4.79 Å². The molecule has 0 spiro atoms. The second-order valence-electron chi connectivity index (χ2n) is 6.94. The van der Waals surface area contributed by atoms with Gasteiger partial charge < -0.3 is 15.6 Å². The van der Waals surface area contributed by atoms with Crippen LogP contribution in [0.5, 0.6) is 0 Å². The molecule has 0 bridgehead atoms. The van der Waals surface area contributed by atoms with Gasteiger partial charge in [-0.3, -0.25) is 4.79 Å². The summed E-state index contributed by atoms with van der Waals surface area (Å²) in [5.74, 6) is 6.80. The van der Waals surface area contributed by atoms with Crippen molar-refractivity contribution < 1.29 is 4.79 Å². The maximum atomic E-state index is 12.7. The van der Waals surface area contributed by atoms with Gasteiger partial charge in [0.25, 0.3) is 0 Å². The zero-order chi connectivity index (χ0) is 22.0. The Morgan fingerprint density at radius 2 is 1.74 bits per heavy atom. The number of carbonyl (C=O) groups is 1. The Morgan fingerprint density at radius 1 is 1.00 bits per heavy atom. The molecule has 162 valence electrons. The van der Waals surface area contributed by atoms with Crippen LogP contribution in [-0.4, -0.2) is 57.6 Å². The normalized spacial score (nSPS) is 14.2. The number of hydrogen-bond acceptors (Lipinski definition) is 6. The van der Waals surface area contributed by atoms with Crippen LogP contribution in [0.4, 0.5) is 5.69 Å². The van der Waals surface area contributed by atoms with E-state index in [2.05, 4.69) is 15.1 Å². The van der Waals surface area contributed by atoms with Gasteiger partial charge in [-0.05, 0) is 36.4 Å². The molecular weight excluding hydrogens is 479 g/mol. The molecule has 1 fully saturated rings. The van der Waals surface area contributed by atoms with Crippen molar-refractivity contribution in [2.24, 2.45) is 0 Å². The number of nitrogen functional groups attached to an aromatic ring is 1. The molecule has 0 atom stereocenters. The fourth-order valence-electron chi connectivity index (χ4n) is 3.33. The number of carbonyl (C=O) groups excluding carboxylic acids is 1. The van der Waals surface area contributed by atoms with Crippen molar-refractivity contribution >= 4 is 58.2 Å². The number of rotatable bonds is 5. The summed E-state index contributed by atoms with van der Waals surface area (Å²) >= 11 is 19.5. The molecule has 2 heterocycles. The number of anilines is 1. The zero-order valence-electron chi connectivity index (χ0n) is 16.3. The van der Waals surface area contributed by atoms with Crippen molar-refractivity contribution in [1.82, 2.24) is 19.8 Å². The van der Waals surface area contributed by atoms with Crippen molar-refractivity contribution in [3.63, 3.8) is 0 Å². The number of amides is 1. The van der Waals surface area contributed by atoms with Crippen molar-refractivity contribution in [3.05, 3.63) is 57.5 Å². The van der Waals surface area contributed by atoms with Gasteiger partial charge in [-0.1, -0.05) is 52.6 Å². The third-order valence-corrected chi connectivity index (χ3v) is 6.68. The summed E-state index contributed by atoms with van der Waals surface area (Å²) < 4.78 is 1.34. The topological polar surface area (TPSA) is 80.3 Å². The van der Waals surface area contributed by atoms with E-state index >= 15 is 0 Å². The number of nitrogens with zero attached hydrogens (tertiary/aromatic N) is 5. The third kappa shape index (κ3) is 5.03. The smallest absolute Gasteiger partial charge is 0.233 e. The van der Waals surface area contributed by atoms with E-state index in [0.717, 1.165) is 18.8 Å². The van der Waals surface area contributed by atoms with E-state index in [0.29, 0.717) is 44.7 Å². The number of aromatic nitrogens is 3. The van der Waals surface area contributed by atoms with Crippen LogP contribution in [0.25, 0.3) is 11.4 Å². The third-order valence-electron chi connectivity index (χ3n) is 4.97. The first-order chi connectivity index (χ1) is 14.9. The van der Waals surface area contributed by atoms with Crippen molar-refractivity contribution in [1.29, 1.82) is 0 Å². The predicted molar refractivity (Wildman–Crippen MR) is 127 cm³/mol. The predicted octanol–water partition coefficient (Wildman–Crippen LogP) is 4.06. The molecule has 3 aromatic rings. The van der Waals surface area contributed by atoms with Gasteiger partial charge in [0.2, 0.25) is 11.1 Å². The van der Waals surface area contributed by atoms with E-state index < -0.39 is 0 Å². The Bertz CT molecular complexity index is 1100. The second kappa shape index (κ2) is 9.56. The van der Waals surface area contributed by atoms with Crippen molar-refractivity contribution in [3.8, 4) is 11.4 Å². The van der Waals surface area contributed by atoms with Gasteiger partial charge in [0.15, 0.2) is 5.82 Å². The summed E-state index contributed by atoms with van der Waals surface area (Å²) in [5, 5.41) is 10.3. The molecule has 0 unspecified atom stereocenters. The van der Waals surface area contributed by atoms with Crippen molar-refractivity contribution in [2.75, 3.05) is 42.7 Å². The molecule has 1 aliphatic heterocycles. The van der Waals surface area contributed by atoms with Gasteiger partial charge in [-0.2, -0.15) is 0 Å². The molecule has 1 aromatic heterocycles. The summed E-state index contributed by atoms with van der Waals surface area (Å²) in [5.41, 5.74) is 1.69. The maximum absolute atomic E-state index is 12.7. The average molecular weight is 498 g/mol. The molecule has 31 heavy (non-hydrogen) atoms. The minimum absolute atomic E-state index is 0.0322. The summed E-state index contributed by atoms with van der Waals surface area (Å²) in [7, 11) is 0. The molecule has 2 N–H and O–H groups in total. The van der Waals surface area contributed by atoms with E-state index in [1.54, 1.807) is 18.2 Å². The minimum Gasteiger partial charge on any atom is -0.368 e. The van der Waals surface area contributed by atoms with Crippen LogP contribution in [0.3, 0.4) is 0 Å². The lowest BCUT2D eigenvalue weighted by Gasteiger charge is -2.36. The maximum Gasteiger partial charge on any atom is 0.233 e. The van der Waals surface area contributed by atoms with Gasteiger partial charge in [0.1, 0.15) is 0 Å². The van der Waals surface area contributed by atoms with E-state index in [-0.39, 0.29) is 11.7 Å². The van der Waals surface area contributed by atoms with Gasteiger partial charge in [0.05, 0.1) is 10.8 Å². The van der Waals surface area contributed by atoms with Crippen LogP contribution < -0.4 is 10.7 Å². The SMILES string of the molecule is Nn1c(SCC(=O)N2CCN(c3cccc(Cl)c3)CC2)nnc1-c1ccc(Cl)cc1Cl. The summed E-state index contributed by atoms with van der Waals surface area (Å²) in [4.78, 5) is 16.8. The molecule has 7 nitrogen and oxygen atoms in total. The van der Waals surface area contributed by atoms with E-state index in [9.17, 15) is 4.79 Å². The standard InChI is InChI=1S/C20H19Cl3N6OS/c21-13-2-1-3-15(10-13)27-6-8-28(9-7-27)18(30)12-31-20-26-25-19(29(20)24)16-5-4-14(22)11-17(16)23/h1-5,10-11H,6-9,12,24H2. The number of benzene rings is 2. The lowest BCUT2D eigenvalue weighted by Crippen LogP contribution is -2.49. The molecular formula is C20H19Cl3N6OS. The van der Waals surface area contributed by atoms with Crippen LogP contribution in [0.1, 0.15) is 0 Å². The number of halogens is 3. The minimum atomic E-state index is 0.0322. The zero-order valence-corrected chi connectivity index (χ0v) is 19.4. The van der Waals surface area contributed by atoms with Crippen LogP contribution >= 0.6 is 46.6 Å². The Balaban J connectivity index is 1.34. The van der Waals surface area contributed by atoms with Gasteiger partial charge in [0, 0.05) is 47.5 Å². The summed E-state index contributed by atoms with van der Waals surface area (Å²) in [6.45, 7) is 2.80. The van der Waals surface area contributed by atoms with Crippen LogP contribution in [0.2, 0.25) is 15.1 Å². The first-order valence-corrected chi connectivity index (χ1v) is 11.6. The molecule has 1 saturated heterocycles. The lowest BCUT2D eigenvalue weighted by molar-refractivity contribution is -0.128. The molecule has 0 saturated carbocycles. The van der Waals surface area contributed by atoms with Gasteiger partial charge in [-0.25, -0.2) is 4.68 Å². The quantitative estimate of drug-likeness (QED) is 0.423. The highest BCUT2D eigenvalue weighted by Crippen LogP contribution is 2.30. The summed E-state index contributed by atoms with van der Waals surface area (Å²) in [6, 6.07) is 12.8. The highest BCUT2D eigenvalue weighted by Gasteiger charge is 2.23. The second-order valence-corrected chi connectivity index (χ2v) is 9.16. The molecule has 2 aromatic carbocycles. The number of hydrogen-bond donors (Lipinski definition) is 1. The number of nitrogens with two attached hydrogens (primary N) is 1. The van der Waals surface area contributed by atoms with Crippen LogP contribution in [0, 0.1) is 0 Å².